The summed E-state index contributed by atoms with van der Waals surface area (Å²) in [6, 6.07) is -5.11. The highest BCUT2D eigenvalue weighted by Crippen LogP contribution is 2.40. The van der Waals surface area contributed by atoms with Gasteiger partial charge < -0.3 is 126 Å². The van der Waals surface area contributed by atoms with Gasteiger partial charge in [0.15, 0.2) is 12.6 Å². The molecule has 18 N–H and O–H groups in total. The maximum atomic E-state index is 13.1. The standard InChI is InChI=1S/C36H59N3O27/c1-10(43)37-19-13(46)4-35(33(56)57,64-28(19)22(50)15(48)6-40)60-9-18-25(53)30(26(54)32(62-18)63-27-21(39-12(3)45)31(55)61-17(8-42)24(27)52)66-36(34(58)59)5-14(47)20(38-11(2)44)29(65-36)23(51)16(49)7-41/h13-32,40-42,46-55H,4-9H2,1-3H3,(H,37,43)(H,38,44)(H,39,45)(H,56,57)(H,58,59)/t13-,14-,15+,16+,17+,18+,19+,20+,21+,22+,23+,24-,25-,26+,27+,28+,29+,30-,31-,32-,35+,36-/m0/s1. The summed E-state index contributed by atoms with van der Waals surface area (Å²) >= 11 is 0. The average Bonchev–Trinajstić information content (AvgIpc) is 3.24. The van der Waals surface area contributed by atoms with E-state index in [2.05, 4.69) is 16.0 Å². The third-order valence-corrected chi connectivity index (χ3v) is 11.4. The largest absolute Gasteiger partial charge is 0.477 e. The number of aliphatic hydroxyl groups excluding tert-OH is 13. The first-order chi connectivity index (χ1) is 30.8. The highest BCUT2D eigenvalue weighted by atomic mass is 16.8. The molecule has 0 aromatic carbocycles. The first kappa shape index (κ1) is 55.1. The molecule has 0 spiro atoms. The van der Waals surface area contributed by atoms with Crippen LogP contribution in [-0.2, 0) is 57.1 Å². The Kier molecular flexibility index (Phi) is 19.0. The van der Waals surface area contributed by atoms with Crippen LogP contribution in [0.15, 0.2) is 0 Å². The van der Waals surface area contributed by atoms with Gasteiger partial charge >= 0.3 is 11.9 Å². The van der Waals surface area contributed by atoms with Gasteiger partial charge in [0, 0.05) is 33.6 Å². The lowest BCUT2D eigenvalue weighted by molar-refractivity contribution is -0.386. The van der Waals surface area contributed by atoms with E-state index < -0.39 is 203 Å². The summed E-state index contributed by atoms with van der Waals surface area (Å²) in [7, 11) is 0. The summed E-state index contributed by atoms with van der Waals surface area (Å²) in [6.45, 7) is -1.63. The number of carboxylic acids is 2. The Labute approximate surface area is 373 Å². The number of ether oxygens (including phenoxy) is 7. The van der Waals surface area contributed by atoms with Crippen molar-refractivity contribution in [3.05, 3.63) is 0 Å². The van der Waals surface area contributed by atoms with Crippen molar-refractivity contribution < 1.29 is 134 Å². The predicted molar refractivity (Wildman–Crippen MR) is 203 cm³/mol. The molecule has 0 bridgehead atoms. The topological polar surface area (TPSA) is 490 Å². The maximum Gasteiger partial charge on any atom is 0.364 e. The molecule has 0 aromatic heterocycles. The molecule has 0 aromatic rings. The molecule has 3 amide bonds. The minimum atomic E-state index is -3.31. The molecule has 30 heteroatoms. The number of carbonyl (C=O) groups excluding carboxylic acids is 3. The third-order valence-electron chi connectivity index (χ3n) is 11.4. The summed E-state index contributed by atoms with van der Waals surface area (Å²) in [5, 5.41) is 167. The molecular weight excluding hydrogens is 906 g/mol. The van der Waals surface area contributed by atoms with Crippen molar-refractivity contribution in [3.8, 4) is 0 Å². The Balaban J connectivity index is 1.81. The van der Waals surface area contributed by atoms with E-state index in [1.54, 1.807) is 0 Å². The molecule has 30 nitrogen and oxygen atoms in total. The molecule has 4 fully saturated rings. The van der Waals surface area contributed by atoms with Crippen molar-refractivity contribution in [2.45, 2.75) is 167 Å². The Morgan fingerprint density at radius 3 is 1.50 bits per heavy atom. The van der Waals surface area contributed by atoms with Crippen LogP contribution in [0, 0.1) is 0 Å². The van der Waals surface area contributed by atoms with E-state index in [-0.39, 0.29) is 0 Å². The Morgan fingerprint density at radius 2 is 1.06 bits per heavy atom. The van der Waals surface area contributed by atoms with Crippen molar-refractivity contribution in [1.82, 2.24) is 16.0 Å². The molecule has 0 radical (unpaired) electrons. The van der Waals surface area contributed by atoms with E-state index in [0.29, 0.717) is 0 Å². The van der Waals surface area contributed by atoms with Crippen molar-refractivity contribution >= 4 is 29.7 Å². The maximum absolute atomic E-state index is 13.1. The SMILES string of the molecule is CC(=O)N[C@@H]1[C@@H](O[C@@H]2O[C@H](CO[C@]3(C(=O)O)C[C@H](O)[C@@H](NC(C)=O)[C@H]([C@H](O)[C@H](O)CO)O3)[C@H](O)[C@H](O[C@]3(C(=O)O)C[C@H](O)[C@@H](NC(C)=O)[C@H]([C@H](O)[C@H](O)CO)O3)[C@H]2O)[C@@H](O)[C@@H](CO)O[C@@H]1O. The number of carboxylic acid groups (broad SMARTS) is 2. The number of carbonyl (C=O) groups is 5. The van der Waals surface area contributed by atoms with Crippen LogP contribution < -0.4 is 16.0 Å². The van der Waals surface area contributed by atoms with Gasteiger partial charge in [-0.05, 0) is 0 Å². The normalized spacial score (nSPS) is 41.4. The van der Waals surface area contributed by atoms with E-state index >= 15 is 0 Å². The third kappa shape index (κ3) is 12.0. The summed E-state index contributed by atoms with van der Waals surface area (Å²) in [5.74, 6) is -13.1. The van der Waals surface area contributed by atoms with Gasteiger partial charge in [-0.2, -0.15) is 0 Å². The van der Waals surface area contributed by atoms with Crippen molar-refractivity contribution in [3.63, 3.8) is 0 Å². The number of aliphatic hydroxyl groups is 13. The minimum Gasteiger partial charge on any atom is -0.477 e. The molecule has 4 aliphatic rings. The van der Waals surface area contributed by atoms with E-state index in [1.165, 1.54) is 0 Å². The molecule has 66 heavy (non-hydrogen) atoms. The van der Waals surface area contributed by atoms with Gasteiger partial charge in [-0.1, -0.05) is 0 Å². The van der Waals surface area contributed by atoms with Gasteiger partial charge in [0.05, 0.1) is 50.7 Å². The van der Waals surface area contributed by atoms with E-state index in [4.69, 9.17) is 33.2 Å². The highest BCUT2D eigenvalue weighted by molar-refractivity contribution is 5.77. The zero-order chi connectivity index (χ0) is 49.7. The first-order valence-electron chi connectivity index (χ1n) is 20.3. The van der Waals surface area contributed by atoms with Crippen molar-refractivity contribution in [1.29, 1.82) is 0 Å². The van der Waals surface area contributed by atoms with Crippen LogP contribution in [0.5, 0.6) is 0 Å². The molecule has 0 aliphatic carbocycles. The number of nitrogens with one attached hydrogen (secondary N) is 3. The molecule has 0 saturated carbocycles. The second kappa shape index (κ2) is 22.8. The second-order valence-electron chi connectivity index (χ2n) is 16.2. The Bertz CT molecular complexity index is 1680. The summed E-state index contributed by atoms with van der Waals surface area (Å²) in [4.78, 5) is 62.3. The lowest BCUT2D eigenvalue weighted by Crippen LogP contribution is -2.71. The highest BCUT2D eigenvalue weighted by Gasteiger charge is 2.61. The van der Waals surface area contributed by atoms with Gasteiger partial charge in [-0.3, -0.25) is 14.4 Å². The minimum absolute atomic E-state index is 0.825. The van der Waals surface area contributed by atoms with Crippen LogP contribution in [-0.4, -0.2) is 267 Å². The van der Waals surface area contributed by atoms with Gasteiger partial charge in [0.2, 0.25) is 17.7 Å². The van der Waals surface area contributed by atoms with Crippen LogP contribution >= 0.6 is 0 Å². The average molecular weight is 966 g/mol. The van der Waals surface area contributed by atoms with Crippen molar-refractivity contribution in [2.75, 3.05) is 26.4 Å². The van der Waals surface area contributed by atoms with E-state index in [9.17, 15) is 101 Å². The van der Waals surface area contributed by atoms with Gasteiger partial charge in [0.25, 0.3) is 11.6 Å². The number of hydrogen-bond donors (Lipinski definition) is 18. The van der Waals surface area contributed by atoms with Crippen LogP contribution in [0.1, 0.15) is 33.6 Å². The predicted octanol–water partition coefficient (Wildman–Crippen LogP) is -10.9. The molecule has 0 unspecified atom stereocenters. The zero-order valence-electron chi connectivity index (χ0n) is 35.4. The fraction of sp³-hybridized carbons (Fsp3) is 0.861. The number of rotatable bonds is 19. The van der Waals surface area contributed by atoms with Gasteiger partial charge in [-0.15, -0.1) is 0 Å². The summed E-state index contributed by atoms with van der Waals surface area (Å²) < 4.78 is 39.3. The molecular formula is C36H59N3O27. The quantitative estimate of drug-likeness (QED) is 0.0571. The van der Waals surface area contributed by atoms with E-state index in [0.717, 1.165) is 20.8 Å². The second-order valence-corrected chi connectivity index (χ2v) is 16.2. The molecule has 4 rings (SSSR count). The van der Waals surface area contributed by atoms with Crippen LogP contribution in [0.25, 0.3) is 0 Å². The van der Waals surface area contributed by atoms with Crippen molar-refractivity contribution in [2.24, 2.45) is 0 Å². The summed E-state index contributed by atoms with van der Waals surface area (Å²) in [6.07, 6.45) is -38.8. The Morgan fingerprint density at radius 1 is 0.621 bits per heavy atom. The molecule has 4 heterocycles. The molecule has 380 valence electrons. The molecule has 4 aliphatic heterocycles. The number of aliphatic carboxylic acids is 2. The van der Waals surface area contributed by atoms with Crippen LogP contribution in [0.2, 0.25) is 0 Å². The molecule has 4 saturated heterocycles. The first-order valence-corrected chi connectivity index (χ1v) is 20.3. The Hall–Kier alpha value is -3.45. The smallest absolute Gasteiger partial charge is 0.364 e. The molecule has 22 atom stereocenters. The lowest BCUT2D eigenvalue weighted by atomic mass is 9.88. The van der Waals surface area contributed by atoms with E-state index in [1.807, 2.05) is 0 Å². The van der Waals surface area contributed by atoms with Gasteiger partial charge in [-0.25, -0.2) is 9.59 Å². The fourth-order valence-electron chi connectivity index (χ4n) is 8.04. The van der Waals surface area contributed by atoms with Gasteiger partial charge in [0.1, 0.15) is 85.4 Å². The zero-order valence-corrected chi connectivity index (χ0v) is 35.4. The number of hydrogen-bond acceptors (Lipinski definition) is 25. The monoisotopic (exact) mass is 965 g/mol. The van der Waals surface area contributed by atoms with Crippen LogP contribution in [0.3, 0.4) is 0 Å². The summed E-state index contributed by atoms with van der Waals surface area (Å²) in [5.41, 5.74) is 0. The number of amides is 3. The fourth-order valence-corrected chi connectivity index (χ4v) is 8.04. The van der Waals surface area contributed by atoms with Crippen LogP contribution in [0.4, 0.5) is 0 Å². The lowest BCUT2D eigenvalue weighted by Gasteiger charge is -2.51.